The molecule has 288 valence electrons. The number of amides is 3. The maximum atomic E-state index is 13.9. The summed E-state index contributed by atoms with van der Waals surface area (Å²) in [5.74, 6) is 6.43. The van der Waals surface area contributed by atoms with Crippen LogP contribution >= 0.6 is 0 Å². The minimum atomic E-state index is -4.49. The molecule has 4 N–H and O–H groups in total. The van der Waals surface area contributed by atoms with Gasteiger partial charge >= 0.3 is 12.2 Å². The van der Waals surface area contributed by atoms with Gasteiger partial charge in [-0.1, -0.05) is 29.5 Å². The second kappa shape index (κ2) is 14.7. The van der Waals surface area contributed by atoms with Gasteiger partial charge in [0, 0.05) is 54.3 Å². The van der Waals surface area contributed by atoms with E-state index in [0.717, 1.165) is 53.4 Å². The minimum Gasteiger partial charge on any atom is -0.366 e. The summed E-state index contributed by atoms with van der Waals surface area (Å²) in [4.78, 5) is 39.9. The molecular weight excluding hydrogens is 724 g/mol. The van der Waals surface area contributed by atoms with Crippen molar-refractivity contribution in [2.45, 2.75) is 64.3 Å². The molecule has 6 heterocycles. The minimum absolute atomic E-state index is 0.00797. The van der Waals surface area contributed by atoms with E-state index in [1.165, 1.54) is 6.07 Å². The van der Waals surface area contributed by atoms with Crippen LogP contribution in [0.3, 0.4) is 0 Å². The molecule has 16 heteroatoms. The van der Waals surface area contributed by atoms with Gasteiger partial charge in [-0.25, -0.2) is 14.5 Å². The highest BCUT2D eigenvalue weighted by molar-refractivity contribution is 6.05. The quantitative estimate of drug-likeness (QED) is 0.145. The molecule has 3 aliphatic rings. The summed E-state index contributed by atoms with van der Waals surface area (Å²) < 4.78 is 43.7. The third-order valence-electron chi connectivity index (χ3n) is 10.4. The largest absolute Gasteiger partial charge is 0.416 e. The standard InChI is InChI=1S/C40H40F3N11O2/c1-24-17-25(2)54(44)36(24)20-30-10-9-28(46-30)11-14-37(55)45-21-31-22-52(50-49-31)32-8-4-7-29(19-32)47-39(56)53-33-15-16-51(23-33)35-13-12-34(48-38(35)53)26-5-3-6-27(18-26)40(41,42)43/h3-10,12-13,17-19,22,30,33H,11,14-16,20-21,23,44H2,1-2H3,(H,45,55)(H,47,56)/t30?,33-/m0/s1. The number of carbonyl (C=O) groups is 2. The predicted octanol–water partition coefficient (Wildman–Crippen LogP) is 6.13. The van der Waals surface area contributed by atoms with Crippen molar-refractivity contribution in [3.8, 4) is 16.9 Å². The van der Waals surface area contributed by atoms with E-state index in [0.29, 0.717) is 53.5 Å². The third-order valence-corrected chi connectivity index (χ3v) is 10.4. The molecule has 0 saturated carbocycles. The lowest BCUT2D eigenvalue weighted by Gasteiger charge is -2.36. The molecule has 56 heavy (non-hydrogen) atoms. The highest BCUT2D eigenvalue weighted by atomic mass is 19.4. The second-order valence-corrected chi connectivity index (χ2v) is 14.3. The van der Waals surface area contributed by atoms with E-state index < -0.39 is 17.8 Å². The summed E-state index contributed by atoms with van der Waals surface area (Å²) in [6.45, 7) is 5.56. The number of anilines is 3. The van der Waals surface area contributed by atoms with Crippen LogP contribution in [0.5, 0.6) is 0 Å². The van der Waals surface area contributed by atoms with Crippen LogP contribution in [0, 0.1) is 13.8 Å². The number of aromatic nitrogens is 5. The van der Waals surface area contributed by atoms with E-state index in [4.69, 9.17) is 15.8 Å². The van der Waals surface area contributed by atoms with Crippen molar-refractivity contribution in [1.82, 2.24) is 30.0 Å². The number of benzene rings is 2. The Bertz CT molecular complexity index is 2380. The topological polar surface area (TPSA) is 152 Å². The number of halogens is 3. The number of allylic oxidation sites excluding steroid dienone is 1. The molecule has 0 aliphatic carbocycles. The van der Waals surface area contributed by atoms with Crippen molar-refractivity contribution in [2.75, 3.05) is 34.0 Å². The molecule has 2 bridgehead atoms. The van der Waals surface area contributed by atoms with Gasteiger partial charge in [-0.2, -0.15) is 13.2 Å². The van der Waals surface area contributed by atoms with Crippen molar-refractivity contribution in [3.05, 3.63) is 113 Å². The number of rotatable bonds is 10. The maximum Gasteiger partial charge on any atom is 0.416 e. The average Bonchev–Trinajstić information content (AvgIpc) is 3.99. The predicted molar refractivity (Wildman–Crippen MR) is 207 cm³/mol. The number of nitrogens with zero attached hydrogens (tertiary/aromatic N) is 8. The number of aryl methyl sites for hydroxylation is 2. The summed E-state index contributed by atoms with van der Waals surface area (Å²) in [7, 11) is 0. The Morgan fingerprint density at radius 2 is 1.88 bits per heavy atom. The van der Waals surface area contributed by atoms with Gasteiger partial charge in [-0.3, -0.25) is 19.4 Å². The van der Waals surface area contributed by atoms with Crippen LogP contribution in [0.15, 0.2) is 90.1 Å². The first-order valence-electron chi connectivity index (χ1n) is 18.4. The first-order valence-corrected chi connectivity index (χ1v) is 18.4. The monoisotopic (exact) mass is 763 g/mol. The molecule has 13 nitrogen and oxygen atoms in total. The zero-order chi connectivity index (χ0) is 39.1. The number of aliphatic imine (C=N–C) groups is 1. The molecular formula is C40H40F3N11O2. The van der Waals surface area contributed by atoms with E-state index in [2.05, 4.69) is 31.9 Å². The van der Waals surface area contributed by atoms with Crippen LogP contribution in [0.4, 0.5) is 35.2 Å². The van der Waals surface area contributed by atoms with Gasteiger partial charge in [0.1, 0.15) is 5.69 Å². The molecule has 2 aromatic carbocycles. The third kappa shape index (κ3) is 7.46. The number of fused-ring (bicyclic) bond motifs is 4. The number of nitrogens with one attached hydrogen (secondary N) is 2. The van der Waals surface area contributed by atoms with Crippen molar-refractivity contribution >= 4 is 34.8 Å². The Hall–Kier alpha value is -6.45. The maximum absolute atomic E-state index is 13.9. The van der Waals surface area contributed by atoms with Crippen molar-refractivity contribution in [2.24, 2.45) is 4.99 Å². The first kappa shape index (κ1) is 36.5. The zero-order valence-electron chi connectivity index (χ0n) is 30.8. The van der Waals surface area contributed by atoms with Crippen LogP contribution < -0.4 is 26.3 Å². The number of alkyl halides is 3. The van der Waals surface area contributed by atoms with Gasteiger partial charge in [-0.15, -0.1) is 5.10 Å². The molecule has 5 aromatic rings. The van der Waals surface area contributed by atoms with E-state index in [1.807, 2.05) is 38.1 Å². The SMILES string of the molecule is Cc1cc(C)n(N)c1CC1C=CC(CCC(=O)NCc2cn(-c3cccc(NC(=O)N4c5nc(-c6cccc(C(F)(F)F)c6)ccc5N5CC[C@H]4C5)c3)nn2)=N1. The van der Waals surface area contributed by atoms with E-state index >= 15 is 0 Å². The van der Waals surface area contributed by atoms with Crippen molar-refractivity contribution in [3.63, 3.8) is 0 Å². The Morgan fingerprint density at radius 3 is 2.68 bits per heavy atom. The number of hydrogen-bond acceptors (Lipinski definition) is 8. The highest BCUT2D eigenvalue weighted by Gasteiger charge is 2.40. The number of nitrogens with two attached hydrogens (primary N) is 1. The second-order valence-electron chi connectivity index (χ2n) is 14.3. The molecule has 8 rings (SSSR count). The summed E-state index contributed by atoms with van der Waals surface area (Å²) in [6.07, 6.45) is 3.44. The normalized spacial score (nSPS) is 17.3. The molecule has 3 aromatic heterocycles. The van der Waals surface area contributed by atoms with Gasteiger partial charge in [0.25, 0.3) is 0 Å². The summed E-state index contributed by atoms with van der Waals surface area (Å²) in [6, 6.07) is 17.1. The molecule has 0 spiro atoms. The van der Waals surface area contributed by atoms with Crippen LogP contribution in [-0.2, 0) is 23.9 Å². The van der Waals surface area contributed by atoms with E-state index in [9.17, 15) is 22.8 Å². The number of nitrogen functional groups attached to an aromatic ring is 1. The Kier molecular flexibility index (Phi) is 9.56. The Balaban J connectivity index is 0.885. The summed E-state index contributed by atoms with van der Waals surface area (Å²) in [5.41, 5.74) is 6.38. The molecule has 2 atom stereocenters. The van der Waals surface area contributed by atoms with Crippen LogP contribution in [0.1, 0.15) is 47.5 Å². The summed E-state index contributed by atoms with van der Waals surface area (Å²) >= 11 is 0. The zero-order valence-corrected chi connectivity index (χ0v) is 30.8. The van der Waals surface area contributed by atoms with E-state index in [-0.39, 0.29) is 31.0 Å². The molecule has 1 fully saturated rings. The number of pyridine rings is 1. The van der Waals surface area contributed by atoms with Crippen LogP contribution in [0.25, 0.3) is 16.9 Å². The van der Waals surface area contributed by atoms with E-state index in [1.54, 1.807) is 50.8 Å². The number of hydrogen-bond donors (Lipinski definition) is 3. The molecule has 3 amide bonds. The molecule has 3 aliphatic heterocycles. The lowest BCUT2D eigenvalue weighted by molar-refractivity contribution is -0.137. The van der Waals surface area contributed by atoms with Gasteiger partial charge in [-0.05, 0) is 86.9 Å². The summed E-state index contributed by atoms with van der Waals surface area (Å²) in [5, 5.41) is 14.3. The van der Waals surface area contributed by atoms with Crippen molar-refractivity contribution < 1.29 is 22.8 Å². The van der Waals surface area contributed by atoms with Crippen LogP contribution in [-0.4, -0.2) is 67.5 Å². The molecule has 1 unspecified atom stereocenters. The lowest BCUT2D eigenvalue weighted by atomic mass is 10.1. The van der Waals surface area contributed by atoms with Gasteiger partial charge in [0.2, 0.25) is 5.91 Å². The van der Waals surface area contributed by atoms with Gasteiger partial charge in [0.15, 0.2) is 5.82 Å². The molecule has 0 radical (unpaired) electrons. The average molecular weight is 764 g/mol. The molecule has 1 saturated heterocycles. The number of urea groups is 1. The number of carbonyl (C=O) groups excluding carboxylic acids is 2. The fourth-order valence-corrected chi connectivity index (χ4v) is 7.53. The highest BCUT2D eigenvalue weighted by Crippen LogP contribution is 2.41. The smallest absolute Gasteiger partial charge is 0.366 e. The van der Waals surface area contributed by atoms with Crippen LogP contribution in [0.2, 0.25) is 0 Å². The lowest BCUT2D eigenvalue weighted by Crippen LogP contribution is -2.48. The van der Waals surface area contributed by atoms with Gasteiger partial charge in [0.05, 0.1) is 47.5 Å². The van der Waals surface area contributed by atoms with Gasteiger partial charge < -0.3 is 21.4 Å². The first-order chi connectivity index (χ1) is 26.9. The fourth-order valence-electron chi connectivity index (χ4n) is 7.53. The Morgan fingerprint density at radius 1 is 1.04 bits per heavy atom. The van der Waals surface area contributed by atoms with Crippen molar-refractivity contribution in [1.29, 1.82) is 0 Å². The Labute approximate surface area is 320 Å². The fraction of sp³-hybridized carbons (Fsp3) is 0.300.